The van der Waals surface area contributed by atoms with Crippen molar-refractivity contribution < 1.29 is 14.3 Å². The van der Waals surface area contributed by atoms with Crippen LogP contribution in [0.3, 0.4) is 0 Å². The predicted octanol–water partition coefficient (Wildman–Crippen LogP) is 2.96. The number of methoxy groups -OCH3 is 1. The van der Waals surface area contributed by atoms with E-state index in [1.54, 1.807) is 7.11 Å². The zero-order valence-corrected chi connectivity index (χ0v) is 15.0. The first kappa shape index (κ1) is 17.3. The number of fused-ring (bicyclic) bond motifs is 1. The van der Waals surface area contributed by atoms with Gasteiger partial charge in [-0.25, -0.2) is 4.98 Å². The molecule has 1 aromatic carbocycles. The molecule has 1 atom stereocenters. The molecule has 5 heteroatoms. The topological polar surface area (TPSA) is 60.5 Å². The zero-order valence-electron chi connectivity index (χ0n) is 15.0. The van der Waals surface area contributed by atoms with Crippen LogP contribution < -0.4 is 14.8 Å². The highest BCUT2D eigenvalue weighted by Crippen LogP contribution is 2.27. The highest BCUT2D eigenvalue weighted by molar-refractivity contribution is 5.79. The molecule has 0 saturated heterocycles. The fourth-order valence-electron chi connectivity index (χ4n) is 3.25. The van der Waals surface area contributed by atoms with Crippen molar-refractivity contribution >= 4 is 5.91 Å². The Hall–Kier alpha value is -2.56. The number of para-hydroxylation sites is 1. The van der Waals surface area contributed by atoms with Crippen LogP contribution in [0.25, 0.3) is 0 Å². The van der Waals surface area contributed by atoms with Gasteiger partial charge in [0.2, 0.25) is 11.8 Å². The Kier molecular flexibility index (Phi) is 5.22. The van der Waals surface area contributed by atoms with E-state index in [1.807, 2.05) is 44.2 Å². The van der Waals surface area contributed by atoms with Crippen LogP contribution >= 0.6 is 0 Å². The second-order valence-electron chi connectivity index (χ2n) is 6.43. The second kappa shape index (κ2) is 7.55. The van der Waals surface area contributed by atoms with E-state index < -0.39 is 0 Å². The SMILES string of the molecule is COc1nc(C)cc(C)c1CNC(=O)[C@@H]1CCOc2ccccc2C1. The number of ether oxygens (including phenoxy) is 2. The predicted molar refractivity (Wildman–Crippen MR) is 95.9 cm³/mol. The number of aromatic nitrogens is 1. The minimum absolute atomic E-state index is 0.0438. The summed E-state index contributed by atoms with van der Waals surface area (Å²) in [4.78, 5) is 17.1. The number of benzene rings is 1. The van der Waals surface area contributed by atoms with E-state index in [9.17, 15) is 4.79 Å². The van der Waals surface area contributed by atoms with Crippen molar-refractivity contribution in [3.05, 3.63) is 52.7 Å². The minimum Gasteiger partial charge on any atom is -0.493 e. The van der Waals surface area contributed by atoms with E-state index >= 15 is 0 Å². The Morgan fingerprint density at radius 2 is 2.16 bits per heavy atom. The van der Waals surface area contributed by atoms with Gasteiger partial charge in [0.1, 0.15) is 5.75 Å². The maximum Gasteiger partial charge on any atom is 0.223 e. The van der Waals surface area contributed by atoms with Crippen molar-refractivity contribution in [3.8, 4) is 11.6 Å². The smallest absolute Gasteiger partial charge is 0.223 e. The Morgan fingerprint density at radius 1 is 1.36 bits per heavy atom. The Labute approximate surface area is 148 Å². The second-order valence-corrected chi connectivity index (χ2v) is 6.43. The Bertz CT molecular complexity index is 774. The number of pyridine rings is 1. The van der Waals surface area contributed by atoms with Gasteiger partial charge in [0.25, 0.3) is 0 Å². The van der Waals surface area contributed by atoms with Gasteiger partial charge in [-0.05, 0) is 49.9 Å². The monoisotopic (exact) mass is 340 g/mol. The molecule has 1 N–H and O–H groups in total. The summed E-state index contributed by atoms with van der Waals surface area (Å²) >= 11 is 0. The lowest BCUT2D eigenvalue weighted by Gasteiger charge is -2.16. The van der Waals surface area contributed by atoms with Crippen LogP contribution in [-0.4, -0.2) is 24.6 Å². The number of aryl methyl sites for hydroxylation is 2. The molecule has 0 aliphatic carbocycles. The molecular formula is C20H24N2O3. The van der Waals surface area contributed by atoms with Gasteiger partial charge in [0.05, 0.1) is 13.7 Å². The van der Waals surface area contributed by atoms with Crippen LogP contribution in [-0.2, 0) is 17.8 Å². The largest absolute Gasteiger partial charge is 0.493 e. The Balaban J connectivity index is 1.69. The highest BCUT2D eigenvalue weighted by atomic mass is 16.5. The van der Waals surface area contributed by atoms with Crippen molar-refractivity contribution in [1.29, 1.82) is 0 Å². The number of hydrogen-bond acceptors (Lipinski definition) is 4. The molecule has 1 aliphatic heterocycles. The van der Waals surface area contributed by atoms with E-state index in [4.69, 9.17) is 9.47 Å². The van der Waals surface area contributed by atoms with Crippen molar-refractivity contribution in [1.82, 2.24) is 10.3 Å². The first-order chi connectivity index (χ1) is 12.1. The summed E-state index contributed by atoms with van der Waals surface area (Å²) in [5.74, 6) is 1.42. The van der Waals surface area contributed by atoms with Gasteiger partial charge in [0.15, 0.2) is 0 Å². The van der Waals surface area contributed by atoms with Gasteiger partial charge in [-0.3, -0.25) is 4.79 Å². The fraction of sp³-hybridized carbons (Fsp3) is 0.400. The molecule has 25 heavy (non-hydrogen) atoms. The van der Waals surface area contributed by atoms with Gasteiger partial charge in [-0.2, -0.15) is 0 Å². The number of nitrogens with zero attached hydrogens (tertiary/aromatic N) is 1. The molecule has 0 saturated carbocycles. The maximum absolute atomic E-state index is 12.7. The van der Waals surface area contributed by atoms with Crippen molar-refractivity contribution in [2.24, 2.45) is 5.92 Å². The lowest BCUT2D eigenvalue weighted by atomic mass is 9.96. The van der Waals surface area contributed by atoms with Crippen molar-refractivity contribution in [2.75, 3.05) is 13.7 Å². The molecule has 3 rings (SSSR count). The van der Waals surface area contributed by atoms with Gasteiger partial charge in [0, 0.05) is 23.7 Å². The molecule has 0 radical (unpaired) electrons. The average molecular weight is 340 g/mol. The zero-order chi connectivity index (χ0) is 17.8. The normalized spacial score (nSPS) is 16.4. The maximum atomic E-state index is 12.7. The molecule has 132 valence electrons. The molecule has 2 aromatic rings. The minimum atomic E-state index is -0.0895. The van der Waals surface area contributed by atoms with Gasteiger partial charge in [-0.15, -0.1) is 0 Å². The van der Waals surface area contributed by atoms with E-state index in [0.717, 1.165) is 28.1 Å². The summed E-state index contributed by atoms with van der Waals surface area (Å²) in [6, 6.07) is 9.92. The summed E-state index contributed by atoms with van der Waals surface area (Å²) in [6.45, 7) is 4.92. The van der Waals surface area contributed by atoms with E-state index in [-0.39, 0.29) is 11.8 Å². The quantitative estimate of drug-likeness (QED) is 0.929. The summed E-state index contributed by atoms with van der Waals surface area (Å²) in [6.07, 6.45) is 1.41. The first-order valence-electron chi connectivity index (χ1n) is 8.58. The lowest BCUT2D eigenvalue weighted by molar-refractivity contribution is -0.125. The summed E-state index contributed by atoms with van der Waals surface area (Å²) in [7, 11) is 1.60. The third-order valence-electron chi connectivity index (χ3n) is 4.60. The molecule has 5 nitrogen and oxygen atoms in total. The number of nitrogens with one attached hydrogen (secondary N) is 1. The summed E-state index contributed by atoms with van der Waals surface area (Å²) in [5.41, 5.74) is 3.98. The van der Waals surface area contributed by atoms with Crippen molar-refractivity contribution in [3.63, 3.8) is 0 Å². The number of amides is 1. The standard InChI is InChI=1S/C20H24N2O3/c1-13-10-14(2)22-20(24-3)17(13)12-21-19(23)16-8-9-25-18-7-5-4-6-15(18)11-16/h4-7,10,16H,8-9,11-12H2,1-3H3,(H,21,23)/t16-/m1/s1. The summed E-state index contributed by atoms with van der Waals surface area (Å²) in [5, 5.41) is 3.05. The van der Waals surface area contributed by atoms with Crippen LogP contribution in [0, 0.1) is 19.8 Å². The number of rotatable bonds is 4. The molecule has 0 fully saturated rings. The Morgan fingerprint density at radius 3 is 2.96 bits per heavy atom. The third-order valence-corrected chi connectivity index (χ3v) is 4.60. The molecule has 2 heterocycles. The molecule has 0 spiro atoms. The van der Waals surface area contributed by atoms with Gasteiger partial charge in [-0.1, -0.05) is 18.2 Å². The molecular weight excluding hydrogens is 316 g/mol. The van der Waals surface area contributed by atoms with Crippen LogP contribution in [0.1, 0.15) is 28.8 Å². The fourth-order valence-corrected chi connectivity index (χ4v) is 3.25. The van der Waals surface area contributed by atoms with Gasteiger partial charge < -0.3 is 14.8 Å². The molecule has 1 amide bonds. The lowest BCUT2D eigenvalue weighted by Crippen LogP contribution is -2.32. The van der Waals surface area contributed by atoms with Crippen LogP contribution in [0.5, 0.6) is 11.6 Å². The van der Waals surface area contributed by atoms with Crippen LogP contribution in [0.15, 0.2) is 30.3 Å². The van der Waals surface area contributed by atoms with E-state index in [0.29, 0.717) is 31.9 Å². The highest BCUT2D eigenvalue weighted by Gasteiger charge is 2.24. The molecule has 0 bridgehead atoms. The molecule has 1 aromatic heterocycles. The first-order valence-corrected chi connectivity index (χ1v) is 8.58. The van der Waals surface area contributed by atoms with Crippen LogP contribution in [0.4, 0.5) is 0 Å². The third kappa shape index (κ3) is 3.92. The van der Waals surface area contributed by atoms with Crippen molar-refractivity contribution in [2.45, 2.75) is 33.2 Å². The average Bonchev–Trinajstić information content (AvgIpc) is 2.82. The van der Waals surface area contributed by atoms with Gasteiger partial charge >= 0.3 is 0 Å². The number of carbonyl (C=O) groups is 1. The van der Waals surface area contributed by atoms with E-state index in [2.05, 4.69) is 10.3 Å². The summed E-state index contributed by atoms with van der Waals surface area (Å²) < 4.78 is 11.1. The number of carbonyl (C=O) groups excluding carboxylic acids is 1. The van der Waals surface area contributed by atoms with Crippen LogP contribution in [0.2, 0.25) is 0 Å². The molecule has 1 aliphatic rings. The molecule has 0 unspecified atom stereocenters. The van der Waals surface area contributed by atoms with E-state index in [1.165, 1.54) is 0 Å². The number of hydrogen-bond donors (Lipinski definition) is 1.